The number of piperidine rings is 2. The third-order valence-electron chi connectivity index (χ3n) is 8.56. The second-order valence-electron chi connectivity index (χ2n) is 11.8. The summed E-state index contributed by atoms with van der Waals surface area (Å²) < 4.78 is 6.36. The van der Waals surface area contributed by atoms with E-state index in [1.807, 2.05) is 0 Å². The van der Waals surface area contributed by atoms with E-state index in [1.54, 1.807) is 41.4 Å². The van der Waals surface area contributed by atoms with E-state index in [9.17, 15) is 19.7 Å². The summed E-state index contributed by atoms with van der Waals surface area (Å²) in [4.78, 5) is 49.1. The highest BCUT2D eigenvalue weighted by Crippen LogP contribution is 2.35. The number of anilines is 2. The number of nitro groups is 1. The number of halogens is 1. The minimum absolute atomic E-state index is 0.148. The quantitative estimate of drug-likeness (QED) is 0.332. The Balaban J connectivity index is 1.32. The van der Waals surface area contributed by atoms with Gasteiger partial charge >= 0.3 is 0 Å². The fourth-order valence-corrected chi connectivity index (χ4v) is 6.98. The molecule has 3 atom stereocenters. The molecule has 0 unspecified atom stereocenters. The molecule has 2 aromatic rings. The number of carbonyl (C=O) groups excluding carboxylic acids is 2. The lowest BCUT2D eigenvalue weighted by Crippen LogP contribution is -2.53. The summed E-state index contributed by atoms with van der Waals surface area (Å²) in [6, 6.07) is 4.96. The minimum Gasteiger partial charge on any atom is -0.387 e. The van der Waals surface area contributed by atoms with Crippen LogP contribution in [0.3, 0.4) is 0 Å². The van der Waals surface area contributed by atoms with Crippen LogP contribution in [0.15, 0.2) is 35.1 Å². The Kier molecular flexibility index (Phi) is 9.82. The lowest BCUT2D eigenvalue weighted by atomic mass is 9.99. The van der Waals surface area contributed by atoms with Crippen LogP contribution in [0.2, 0.25) is 0 Å². The second kappa shape index (κ2) is 13.6. The first-order chi connectivity index (χ1) is 20.6. The number of likely N-dealkylation sites (tertiary alicyclic amines) is 2. The van der Waals surface area contributed by atoms with Crippen molar-refractivity contribution in [3.8, 4) is 0 Å². The smallest absolute Gasteiger partial charge is 0.294 e. The summed E-state index contributed by atoms with van der Waals surface area (Å²) in [5.41, 5.74) is 1.52. The van der Waals surface area contributed by atoms with Crippen molar-refractivity contribution >= 4 is 44.8 Å². The predicted molar refractivity (Wildman–Crippen MR) is 168 cm³/mol. The van der Waals surface area contributed by atoms with E-state index < -0.39 is 4.92 Å². The Bertz CT molecular complexity index is 1340. The Morgan fingerprint density at radius 1 is 1.00 bits per heavy atom. The van der Waals surface area contributed by atoms with Gasteiger partial charge in [-0.15, -0.1) is 0 Å². The van der Waals surface area contributed by atoms with Gasteiger partial charge < -0.3 is 25.2 Å². The van der Waals surface area contributed by atoms with Crippen molar-refractivity contribution in [2.24, 2.45) is 0 Å². The number of hydrogen-bond acceptors (Lipinski definition) is 9. The van der Waals surface area contributed by atoms with Crippen LogP contribution in [0.1, 0.15) is 60.2 Å². The van der Waals surface area contributed by atoms with Gasteiger partial charge in [-0.3, -0.25) is 29.6 Å². The Labute approximate surface area is 260 Å². The maximum absolute atomic E-state index is 13.9. The SMILES string of the molecule is CNc1cncc(C(=O)N2CCC[C@@H](Nc3c(C(=O)N4CCC(N5C[C@@H](C)O[C@@H](C)C5)CC4)cc(Br)cc3[N+](=O)[O-])C2)c1. The molecule has 13 heteroatoms. The standard InChI is InChI=1S/C30H40BrN7O5/c1-19-16-37(17-20(2)43-19)25-6-9-35(10-7-25)30(40)26-12-22(31)13-27(38(41)42)28(26)34-23-5-4-8-36(18-23)29(39)21-11-24(32-3)15-33-14-21/h11-15,19-20,23,25,32,34H,4-10,16-18H2,1-3H3/t19-,20+,23-/m1/s1. The Hall–Kier alpha value is -3.29. The van der Waals surface area contributed by atoms with Crippen LogP contribution in [-0.2, 0) is 4.74 Å². The molecular weight excluding hydrogens is 618 g/mol. The van der Waals surface area contributed by atoms with Crippen molar-refractivity contribution in [1.29, 1.82) is 0 Å². The van der Waals surface area contributed by atoms with Gasteiger partial charge in [0.1, 0.15) is 5.69 Å². The molecule has 0 radical (unpaired) electrons. The van der Waals surface area contributed by atoms with Crippen LogP contribution in [0, 0.1) is 10.1 Å². The highest BCUT2D eigenvalue weighted by Gasteiger charge is 2.35. The van der Waals surface area contributed by atoms with Crippen LogP contribution >= 0.6 is 15.9 Å². The van der Waals surface area contributed by atoms with Gasteiger partial charge in [0.05, 0.1) is 33.9 Å². The maximum Gasteiger partial charge on any atom is 0.294 e. The fraction of sp³-hybridized carbons (Fsp3) is 0.567. The van der Waals surface area contributed by atoms with Crippen molar-refractivity contribution in [1.82, 2.24) is 19.7 Å². The normalized spacial score (nSPS) is 23.6. The van der Waals surface area contributed by atoms with E-state index in [1.165, 1.54) is 6.07 Å². The molecular formula is C30H40BrN7O5. The average Bonchev–Trinajstić information content (AvgIpc) is 3.00. The van der Waals surface area contributed by atoms with Gasteiger partial charge in [-0.05, 0) is 51.7 Å². The van der Waals surface area contributed by atoms with Crippen molar-refractivity contribution in [2.45, 2.75) is 63.8 Å². The number of nitrogens with one attached hydrogen (secondary N) is 2. The highest BCUT2D eigenvalue weighted by molar-refractivity contribution is 9.10. The van der Waals surface area contributed by atoms with Crippen LogP contribution in [-0.4, -0.2) is 107 Å². The van der Waals surface area contributed by atoms with Gasteiger partial charge in [0.2, 0.25) is 0 Å². The molecule has 1 aromatic heterocycles. The first kappa shape index (κ1) is 31.1. The molecule has 0 spiro atoms. The van der Waals surface area contributed by atoms with Crippen LogP contribution in [0.5, 0.6) is 0 Å². The molecule has 232 valence electrons. The first-order valence-corrected chi connectivity index (χ1v) is 15.8. The summed E-state index contributed by atoms with van der Waals surface area (Å²) in [7, 11) is 1.77. The monoisotopic (exact) mass is 657 g/mol. The van der Waals surface area contributed by atoms with Crippen molar-refractivity contribution in [3.05, 3.63) is 56.3 Å². The molecule has 0 bridgehead atoms. The van der Waals surface area contributed by atoms with Gasteiger partial charge in [-0.25, -0.2) is 0 Å². The molecule has 3 saturated heterocycles. The molecule has 12 nitrogen and oxygen atoms in total. The number of ether oxygens (including phenoxy) is 1. The van der Waals surface area contributed by atoms with Crippen molar-refractivity contribution < 1.29 is 19.2 Å². The van der Waals surface area contributed by atoms with E-state index in [0.29, 0.717) is 48.7 Å². The number of rotatable bonds is 7. The van der Waals surface area contributed by atoms with E-state index >= 15 is 0 Å². The summed E-state index contributed by atoms with van der Waals surface area (Å²) >= 11 is 3.39. The third-order valence-corrected chi connectivity index (χ3v) is 9.01. The highest BCUT2D eigenvalue weighted by atomic mass is 79.9. The van der Waals surface area contributed by atoms with Gasteiger partial charge in [0, 0.05) is 81.3 Å². The topological polar surface area (TPSA) is 133 Å². The number of pyridine rings is 1. The molecule has 0 saturated carbocycles. The van der Waals surface area contributed by atoms with Crippen molar-refractivity contribution in [2.75, 3.05) is 56.9 Å². The number of carbonyl (C=O) groups is 2. The molecule has 4 heterocycles. The molecule has 1 aromatic carbocycles. The van der Waals surface area contributed by atoms with E-state index in [4.69, 9.17) is 4.74 Å². The molecule has 2 amide bonds. The third kappa shape index (κ3) is 7.27. The lowest BCUT2D eigenvalue weighted by molar-refractivity contribution is -0.384. The minimum atomic E-state index is -0.461. The predicted octanol–water partition coefficient (Wildman–Crippen LogP) is 4.22. The first-order valence-electron chi connectivity index (χ1n) is 15.0. The largest absolute Gasteiger partial charge is 0.387 e. The lowest BCUT2D eigenvalue weighted by Gasteiger charge is -2.43. The zero-order valence-corrected chi connectivity index (χ0v) is 26.5. The number of hydrogen-bond donors (Lipinski definition) is 2. The molecule has 43 heavy (non-hydrogen) atoms. The molecule has 3 aliphatic heterocycles. The second-order valence-corrected chi connectivity index (χ2v) is 12.7. The number of aromatic nitrogens is 1. The van der Waals surface area contributed by atoms with E-state index in [-0.39, 0.29) is 47.0 Å². The van der Waals surface area contributed by atoms with Crippen LogP contribution in [0.4, 0.5) is 17.1 Å². The van der Waals surface area contributed by atoms with Crippen molar-refractivity contribution in [3.63, 3.8) is 0 Å². The van der Waals surface area contributed by atoms with Gasteiger partial charge in [0.25, 0.3) is 17.5 Å². The summed E-state index contributed by atoms with van der Waals surface area (Å²) in [6.45, 7) is 8.03. The summed E-state index contributed by atoms with van der Waals surface area (Å²) in [5, 5.41) is 18.5. The van der Waals surface area contributed by atoms with E-state index in [2.05, 4.69) is 50.3 Å². The van der Waals surface area contributed by atoms with Crippen LogP contribution in [0.25, 0.3) is 0 Å². The zero-order valence-electron chi connectivity index (χ0n) is 24.9. The molecule has 3 aliphatic rings. The number of benzene rings is 1. The summed E-state index contributed by atoms with van der Waals surface area (Å²) in [6.07, 6.45) is 6.67. The molecule has 0 aliphatic carbocycles. The van der Waals surface area contributed by atoms with E-state index in [0.717, 1.165) is 38.0 Å². The van der Waals surface area contributed by atoms with Gasteiger partial charge in [-0.1, -0.05) is 15.9 Å². The average molecular weight is 659 g/mol. The number of amides is 2. The fourth-order valence-electron chi connectivity index (χ4n) is 6.54. The molecule has 2 N–H and O–H groups in total. The maximum atomic E-state index is 13.9. The Morgan fingerprint density at radius 2 is 1.72 bits per heavy atom. The number of nitrogens with zero attached hydrogens (tertiary/aromatic N) is 5. The molecule has 3 fully saturated rings. The molecule has 5 rings (SSSR count). The van der Waals surface area contributed by atoms with Crippen LogP contribution < -0.4 is 10.6 Å². The Morgan fingerprint density at radius 3 is 2.40 bits per heavy atom. The zero-order chi connectivity index (χ0) is 30.7. The number of morpholine rings is 1. The van der Waals surface area contributed by atoms with Gasteiger partial charge in [-0.2, -0.15) is 0 Å². The van der Waals surface area contributed by atoms with Gasteiger partial charge in [0.15, 0.2) is 0 Å². The summed E-state index contributed by atoms with van der Waals surface area (Å²) in [5.74, 6) is -0.377. The number of nitro benzene ring substituents is 1.